The molecule has 1 atom stereocenters. The van der Waals surface area contributed by atoms with E-state index in [1.807, 2.05) is 24.3 Å². The van der Waals surface area contributed by atoms with Crippen LogP contribution in [-0.2, 0) is 16.1 Å². The zero-order valence-corrected chi connectivity index (χ0v) is 12.3. The molecule has 0 N–H and O–H groups in total. The summed E-state index contributed by atoms with van der Waals surface area (Å²) in [6.45, 7) is 1.62. The summed E-state index contributed by atoms with van der Waals surface area (Å²) in [5.74, 6) is -0.129. The van der Waals surface area contributed by atoms with Gasteiger partial charge in [0.05, 0.1) is 18.3 Å². The minimum absolute atomic E-state index is 0.128. The second kappa shape index (κ2) is 6.22. The largest absolute Gasteiger partial charge is 0.468 e. The fraction of sp³-hybridized carbons (Fsp3) is 0.412. The summed E-state index contributed by atoms with van der Waals surface area (Å²) in [7, 11) is 1.46. The first-order valence-corrected chi connectivity index (χ1v) is 7.44. The Balaban J connectivity index is 1.80. The van der Waals surface area contributed by atoms with Gasteiger partial charge in [-0.1, -0.05) is 30.7 Å². The second-order valence-electron chi connectivity index (χ2n) is 5.50. The van der Waals surface area contributed by atoms with Gasteiger partial charge in [-0.05, 0) is 31.5 Å². The first kappa shape index (κ1) is 14.0. The molecule has 2 heterocycles. The third kappa shape index (κ3) is 3.05. The monoisotopic (exact) mass is 284 g/mol. The summed E-state index contributed by atoms with van der Waals surface area (Å²) in [6, 6.07) is 12.1. The van der Waals surface area contributed by atoms with Crippen molar-refractivity contribution in [2.24, 2.45) is 0 Å². The molecule has 0 saturated carbocycles. The van der Waals surface area contributed by atoms with E-state index in [-0.39, 0.29) is 12.0 Å². The third-order valence-corrected chi connectivity index (χ3v) is 4.11. The minimum Gasteiger partial charge on any atom is -0.468 e. The van der Waals surface area contributed by atoms with Crippen molar-refractivity contribution >= 4 is 16.9 Å². The smallest absolute Gasteiger partial charge is 0.323 e. The molecule has 4 heteroatoms. The molecule has 0 bridgehead atoms. The Bertz CT molecular complexity index is 641. The average molecular weight is 284 g/mol. The van der Waals surface area contributed by atoms with E-state index >= 15 is 0 Å². The maximum atomic E-state index is 11.9. The van der Waals surface area contributed by atoms with Gasteiger partial charge in [-0.2, -0.15) is 0 Å². The van der Waals surface area contributed by atoms with Crippen LogP contribution in [0.4, 0.5) is 0 Å². The van der Waals surface area contributed by atoms with Gasteiger partial charge in [0.1, 0.15) is 6.04 Å². The quantitative estimate of drug-likeness (QED) is 0.813. The number of fused-ring (bicyclic) bond motifs is 1. The van der Waals surface area contributed by atoms with Crippen molar-refractivity contribution in [1.82, 2.24) is 9.88 Å². The Morgan fingerprint density at radius 2 is 2.14 bits per heavy atom. The maximum Gasteiger partial charge on any atom is 0.323 e. The Hall–Kier alpha value is -1.94. The van der Waals surface area contributed by atoms with E-state index in [4.69, 9.17) is 9.72 Å². The van der Waals surface area contributed by atoms with Crippen LogP contribution in [0.25, 0.3) is 10.9 Å². The SMILES string of the molecule is COC(=O)[C@H]1CCCCN1Cc1ccc2ccccc2n1. The van der Waals surface area contributed by atoms with E-state index in [1.54, 1.807) is 0 Å². The molecule has 1 fully saturated rings. The van der Waals surface area contributed by atoms with Crippen molar-refractivity contribution in [1.29, 1.82) is 0 Å². The van der Waals surface area contributed by atoms with E-state index in [1.165, 1.54) is 7.11 Å². The van der Waals surface area contributed by atoms with Crippen molar-refractivity contribution < 1.29 is 9.53 Å². The molecule has 0 unspecified atom stereocenters. The van der Waals surface area contributed by atoms with Gasteiger partial charge in [0, 0.05) is 11.9 Å². The van der Waals surface area contributed by atoms with Crippen LogP contribution in [-0.4, -0.2) is 35.5 Å². The van der Waals surface area contributed by atoms with Crippen molar-refractivity contribution in [3.8, 4) is 0 Å². The van der Waals surface area contributed by atoms with Crippen LogP contribution in [0.5, 0.6) is 0 Å². The van der Waals surface area contributed by atoms with Crippen LogP contribution in [0.15, 0.2) is 36.4 Å². The van der Waals surface area contributed by atoms with Crippen molar-refractivity contribution in [3.63, 3.8) is 0 Å². The van der Waals surface area contributed by atoms with Crippen molar-refractivity contribution in [3.05, 3.63) is 42.1 Å². The lowest BCUT2D eigenvalue weighted by Crippen LogP contribution is -2.44. The lowest BCUT2D eigenvalue weighted by Gasteiger charge is -2.33. The number of para-hydroxylation sites is 1. The predicted molar refractivity (Wildman–Crippen MR) is 81.8 cm³/mol. The van der Waals surface area contributed by atoms with Gasteiger partial charge >= 0.3 is 5.97 Å². The lowest BCUT2D eigenvalue weighted by molar-refractivity contribution is -0.148. The fourth-order valence-corrected chi connectivity index (χ4v) is 2.99. The first-order valence-electron chi connectivity index (χ1n) is 7.44. The van der Waals surface area contributed by atoms with Crippen LogP contribution in [0.3, 0.4) is 0 Å². The van der Waals surface area contributed by atoms with Gasteiger partial charge in [0.15, 0.2) is 0 Å². The van der Waals surface area contributed by atoms with Crippen molar-refractivity contribution in [2.75, 3.05) is 13.7 Å². The predicted octanol–water partition coefficient (Wildman–Crippen LogP) is 2.76. The number of pyridine rings is 1. The van der Waals surface area contributed by atoms with E-state index in [0.717, 1.165) is 42.4 Å². The third-order valence-electron chi connectivity index (χ3n) is 4.11. The Kier molecular flexibility index (Phi) is 4.15. The van der Waals surface area contributed by atoms with E-state index in [0.29, 0.717) is 6.54 Å². The molecule has 0 aliphatic carbocycles. The zero-order valence-electron chi connectivity index (χ0n) is 12.3. The van der Waals surface area contributed by atoms with Gasteiger partial charge in [-0.25, -0.2) is 0 Å². The molecule has 4 nitrogen and oxygen atoms in total. The van der Waals surface area contributed by atoms with Gasteiger partial charge in [-0.15, -0.1) is 0 Å². The molecule has 2 aromatic rings. The van der Waals surface area contributed by atoms with E-state index < -0.39 is 0 Å². The Labute approximate surface area is 124 Å². The topological polar surface area (TPSA) is 42.4 Å². The Morgan fingerprint density at radius 1 is 1.29 bits per heavy atom. The van der Waals surface area contributed by atoms with Crippen LogP contribution < -0.4 is 0 Å². The normalized spacial score (nSPS) is 19.6. The molecule has 1 aromatic heterocycles. The molecule has 0 spiro atoms. The molecule has 110 valence electrons. The number of benzene rings is 1. The highest BCUT2D eigenvalue weighted by Gasteiger charge is 2.29. The van der Waals surface area contributed by atoms with Crippen LogP contribution in [0.1, 0.15) is 25.0 Å². The van der Waals surface area contributed by atoms with Crippen LogP contribution in [0.2, 0.25) is 0 Å². The summed E-state index contributed by atoms with van der Waals surface area (Å²) >= 11 is 0. The maximum absolute atomic E-state index is 11.9. The highest BCUT2D eigenvalue weighted by molar-refractivity contribution is 5.78. The summed E-state index contributed by atoms with van der Waals surface area (Å²) in [4.78, 5) is 18.8. The molecular weight excluding hydrogens is 264 g/mol. The summed E-state index contributed by atoms with van der Waals surface area (Å²) in [6.07, 6.45) is 3.09. The molecule has 1 saturated heterocycles. The number of piperidine rings is 1. The molecule has 3 rings (SSSR count). The highest BCUT2D eigenvalue weighted by atomic mass is 16.5. The number of hydrogen-bond acceptors (Lipinski definition) is 4. The van der Waals surface area contributed by atoms with Gasteiger partial charge in [0.25, 0.3) is 0 Å². The molecule has 1 aliphatic rings. The van der Waals surface area contributed by atoms with E-state index in [2.05, 4.69) is 17.0 Å². The highest BCUT2D eigenvalue weighted by Crippen LogP contribution is 2.21. The molecule has 1 aromatic carbocycles. The molecule has 1 aliphatic heterocycles. The van der Waals surface area contributed by atoms with Crippen LogP contribution >= 0.6 is 0 Å². The number of carbonyl (C=O) groups excluding carboxylic acids is 1. The van der Waals surface area contributed by atoms with E-state index in [9.17, 15) is 4.79 Å². The summed E-state index contributed by atoms with van der Waals surface area (Å²) in [5, 5.41) is 1.14. The number of rotatable bonds is 3. The van der Waals surface area contributed by atoms with Gasteiger partial charge in [0.2, 0.25) is 0 Å². The summed E-state index contributed by atoms with van der Waals surface area (Å²) < 4.78 is 4.93. The number of methoxy groups -OCH3 is 1. The second-order valence-corrected chi connectivity index (χ2v) is 5.50. The molecule has 21 heavy (non-hydrogen) atoms. The molecule has 0 radical (unpaired) electrons. The lowest BCUT2D eigenvalue weighted by atomic mass is 10.0. The standard InChI is InChI=1S/C17H20N2O2/c1-21-17(20)16-8-4-5-11-19(16)12-14-10-9-13-6-2-3-7-15(13)18-14/h2-3,6-7,9-10,16H,4-5,8,11-12H2,1H3/t16-/m1/s1. The number of nitrogens with zero attached hydrogens (tertiary/aromatic N) is 2. The van der Waals surface area contributed by atoms with Crippen molar-refractivity contribution in [2.45, 2.75) is 31.8 Å². The number of aromatic nitrogens is 1. The van der Waals surface area contributed by atoms with Gasteiger partial charge < -0.3 is 4.74 Å². The van der Waals surface area contributed by atoms with Crippen LogP contribution in [0, 0.1) is 0 Å². The first-order chi connectivity index (χ1) is 10.3. The number of ether oxygens (including phenoxy) is 1. The fourth-order valence-electron chi connectivity index (χ4n) is 2.99. The zero-order chi connectivity index (χ0) is 14.7. The number of hydrogen-bond donors (Lipinski definition) is 0. The number of likely N-dealkylation sites (tertiary alicyclic amines) is 1. The average Bonchev–Trinajstić information content (AvgIpc) is 2.54. The summed E-state index contributed by atoms with van der Waals surface area (Å²) in [5.41, 5.74) is 2.01. The number of esters is 1. The van der Waals surface area contributed by atoms with Gasteiger partial charge in [-0.3, -0.25) is 14.7 Å². The molecular formula is C17H20N2O2. The number of carbonyl (C=O) groups is 1. The minimum atomic E-state index is -0.129. The Morgan fingerprint density at radius 3 is 3.00 bits per heavy atom. The molecule has 0 amide bonds.